The van der Waals surface area contributed by atoms with E-state index >= 15 is 0 Å². The average Bonchev–Trinajstić information content (AvgIpc) is 2.79. The zero-order valence-corrected chi connectivity index (χ0v) is 26.4. The molecule has 1 aromatic carbocycles. The summed E-state index contributed by atoms with van der Waals surface area (Å²) < 4.78 is 0. The van der Waals surface area contributed by atoms with Crippen LogP contribution in [0.2, 0.25) is 0 Å². The quantitative estimate of drug-likeness (QED) is 0.342. The molecule has 1 aromatic rings. The van der Waals surface area contributed by atoms with E-state index < -0.39 is 0 Å². The third kappa shape index (κ3) is 4.35. The smallest absolute Gasteiger partial charge is 0.0194 e. The Morgan fingerprint density at radius 2 is 1.61 bits per heavy atom. The van der Waals surface area contributed by atoms with E-state index in [9.17, 15) is 0 Å². The molecule has 0 heteroatoms. The van der Waals surface area contributed by atoms with Crippen LogP contribution in [0.4, 0.5) is 0 Å². The molecule has 0 heterocycles. The van der Waals surface area contributed by atoms with Crippen molar-refractivity contribution in [2.24, 2.45) is 28.1 Å². The van der Waals surface area contributed by atoms with E-state index in [1.165, 1.54) is 76.7 Å². The van der Waals surface area contributed by atoms with Crippen LogP contribution in [0.25, 0.3) is 5.57 Å². The van der Waals surface area contributed by atoms with Crippen LogP contribution in [-0.4, -0.2) is 0 Å². The van der Waals surface area contributed by atoms with Gasteiger partial charge in [-0.3, -0.25) is 0 Å². The van der Waals surface area contributed by atoms with Crippen molar-refractivity contribution in [2.45, 2.75) is 114 Å². The fourth-order valence-electron chi connectivity index (χ4n) is 9.00. The summed E-state index contributed by atoms with van der Waals surface area (Å²) in [4.78, 5) is 0. The van der Waals surface area contributed by atoms with Crippen LogP contribution in [0.5, 0.6) is 0 Å². The molecule has 38 heavy (non-hydrogen) atoms. The minimum atomic E-state index is -0.0898. The predicted octanol–water partition coefficient (Wildman–Crippen LogP) is 11.2. The number of hydrogen-bond donors (Lipinski definition) is 0. The summed E-state index contributed by atoms with van der Waals surface area (Å²) in [7, 11) is 0. The van der Waals surface area contributed by atoms with Gasteiger partial charge in [-0.1, -0.05) is 103 Å². The van der Waals surface area contributed by atoms with E-state index in [0.29, 0.717) is 0 Å². The van der Waals surface area contributed by atoms with Gasteiger partial charge >= 0.3 is 0 Å². The first-order valence-corrected chi connectivity index (χ1v) is 15.2. The Labute approximate surface area is 235 Å². The summed E-state index contributed by atoms with van der Waals surface area (Å²) in [5.74, 6) is 1.56. The van der Waals surface area contributed by atoms with Crippen molar-refractivity contribution in [3.63, 3.8) is 0 Å². The molecule has 0 saturated heterocycles. The standard InChI is InChI=1S/C38H54/c1-23(2)14-15-25(5)16-18-31-19-17-26(6)34-28(8)35-30(10)38(13)29(9)33(24(3)4)27(7)20-37(38,12)22-36(35,11)21-32(31)34/h17,19,23,25H,3,8-9,14-16,18,20-22H2,1-2,4-7,10-13H3/t25?,36-,37+,38-/m1/s1. The lowest BCUT2D eigenvalue weighted by Crippen LogP contribution is -2.52. The Hall–Kier alpha value is -2.08. The SMILES string of the molecule is C=C(C)C1=C(C)C[C@@]2(C)C[C@@]3(C)Cc4c(CCC(C)CCC(C)C)ccc(C)c4C(=C)C3=C(C)[C@@]2(C)C1=C. The lowest BCUT2D eigenvalue weighted by atomic mass is 9.41. The Morgan fingerprint density at radius 3 is 2.21 bits per heavy atom. The van der Waals surface area contributed by atoms with Crippen molar-refractivity contribution in [2.75, 3.05) is 0 Å². The zero-order chi connectivity index (χ0) is 28.4. The van der Waals surface area contributed by atoms with E-state index in [2.05, 4.69) is 87.9 Å². The number of benzene rings is 1. The van der Waals surface area contributed by atoms with Gasteiger partial charge in [-0.2, -0.15) is 0 Å². The summed E-state index contributed by atoms with van der Waals surface area (Å²) in [6.45, 7) is 37.8. The fourth-order valence-corrected chi connectivity index (χ4v) is 9.00. The molecular formula is C38H54. The molecule has 0 aromatic heterocycles. The molecule has 0 amide bonds. The van der Waals surface area contributed by atoms with E-state index in [-0.39, 0.29) is 16.2 Å². The number of hydrogen-bond acceptors (Lipinski definition) is 0. The van der Waals surface area contributed by atoms with Crippen molar-refractivity contribution >= 4 is 5.57 Å². The lowest BCUT2D eigenvalue weighted by molar-refractivity contribution is 0.0543. The Balaban J connectivity index is 1.80. The van der Waals surface area contributed by atoms with Gasteiger partial charge in [-0.15, -0.1) is 0 Å². The van der Waals surface area contributed by atoms with Gasteiger partial charge in [0.2, 0.25) is 0 Å². The second-order valence-electron chi connectivity index (χ2n) is 14.7. The highest BCUT2D eigenvalue weighted by molar-refractivity contribution is 5.87. The summed E-state index contributed by atoms with van der Waals surface area (Å²) in [6, 6.07) is 4.79. The molecule has 0 radical (unpaired) electrons. The highest BCUT2D eigenvalue weighted by atomic mass is 14.6. The van der Waals surface area contributed by atoms with Gasteiger partial charge < -0.3 is 0 Å². The molecular weight excluding hydrogens is 456 g/mol. The third-order valence-electron chi connectivity index (χ3n) is 11.1. The average molecular weight is 511 g/mol. The minimum absolute atomic E-state index is 0.0898. The van der Waals surface area contributed by atoms with Gasteiger partial charge in [0.1, 0.15) is 0 Å². The van der Waals surface area contributed by atoms with Crippen molar-refractivity contribution in [3.05, 3.63) is 87.6 Å². The van der Waals surface area contributed by atoms with Crippen LogP contribution < -0.4 is 0 Å². The van der Waals surface area contributed by atoms with E-state index in [0.717, 1.165) is 30.3 Å². The molecule has 4 atom stereocenters. The first-order chi connectivity index (χ1) is 17.6. The van der Waals surface area contributed by atoms with Gasteiger partial charge in [0.05, 0.1) is 0 Å². The number of aryl methyl sites for hydroxylation is 2. The van der Waals surface area contributed by atoms with E-state index in [1.54, 1.807) is 11.1 Å². The van der Waals surface area contributed by atoms with Gasteiger partial charge in [-0.05, 0) is 127 Å². The first-order valence-electron chi connectivity index (χ1n) is 15.2. The van der Waals surface area contributed by atoms with Crippen molar-refractivity contribution in [3.8, 4) is 0 Å². The second kappa shape index (κ2) is 9.83. The lowest BCUT2D eigenvalue weighted by Gasteiger charge is -2.62. The zero-order valence-electron chi connectivity index (χ0n) is 26.4. The fraction of sp³-hybridized carbons (Fsp3) is 0.579. The normalized spacial score (nSPS) is 29.9. The largest absolute Gasteiger partial charge is 0.0955 e. The van der Waals surface area contributed by atoms with Crippen LogP contribution in [-0.2, 0) is 12.8 Å². The van der Waals surface area contributed by atoms with Crippen LogP contribution in [0.3, 0.4) is 0 Å². The molecule has 0 fully saturated rings. The summed E-state index contributed by atoms with van der Waals surface area (Å²) in [6.07, 6.45) is 8.52. The predicted molar refractivity (Wildman–Crippen MR) is 168 cm³/mol. The Kier molecular flexibility index (Phi) is 7.48. The Bertz CT molecular complexity index is 1260. The number of rotatable bonds is 7. The highest BCUT2D eigenvalue weighted by Gasteiger charge is 2.59. The Morgan fingerprint density at radius 1 is 0.947 bits per heavy atom. The highest BCUT2D eigenvalue weighted by Crippen LogP contribution is 2.70. The van der Waals surface area contributed by atoms with Crippen molar-refractivity contribution in [1.82, 2.24) is 0 Å². The molecule has 3 aliphatic rings. The van der Waals surface area contributed by atoms with Crippen LogP contribution in [0.1, 0.15) is 117 Å². The van der Waals surface area contributed by atoms with Gasteiger partial charge in [0.15, 0.2) is 0 Å². The van der Waals surface area contributed by atoms with E-state index in [1.807, 2.05) is 0 Å². The molecule has 0 nitrogen and oxygen atoms in total. The molecule has 1 unspecified atom stereocenters. The maximum atomic E-state index is 4.85. The van der Waals surface area contributed by atoms with Gasteiger partial charge in [0, 0.05) is 5.41 Å². The number of fused-ring (bicyclic) bond motifs is 3. The molecule has 0 saturated carbocycles. The van der Waals surface area contributed by atoms with Gasteiger partial charge in [0.25, 0.3) is 0 Å². The molecule has 206 valence electrons. The maximum Gasteiger partial charge on any atom is 0.0194 e. The molecule has 0 bridgehead atoms. The molecule has 0 N–H and O–H groups in total. The van der Waals surface area contributed by atoms with Crippen LogP contribution >= 0.6 is 0 Å². The molecule has 0 spiro atoms. The molecule has 4 rings (SSSR count). The minimum Gasteiger partial charge on any atom is -0.0955 e. The van der Waals surface area contributed by atoms with Crippen LogP contribution in [0.15, 0.2) is 65.3 Å². The monoisotopic (exact) mass is 510 g/mol. The summed E-state index contributed by atoms with van der Waals surface area (Å²) in [5, 5.41) is 0. The first kappa shape index (κ1) is 28.9. The van der Waals surface area contributed by atoms with E-state index in [4.69, 9.17) is 13.2 Å². The van der Waals surface area contributed by atoms with Crippen LogP contribution in [0, 0.1) is 35.0 Å². The summed E-state index contributed by atoms with van der Waals surface area (Å²) >= 11 is 0. The molecule has 0 aliphatic heterocycles. The van der Waals surface area contributed by atoms with Gasteiger partial charge in [-0.25, -0.2) is 0 Å². The number of allylic oxidation sites excluding steroid dienone is 7. The maximum absolute atomic E-state index is 4.85. The topological polar surface area (TPSA) is 0 Å². The summed E-state index contributed by atoms with van der Waals surface area (Å²) in [5.41, 5.74) is 15.6. The van der Waals surface area contributed by atoms with Crippen molar-refractivity contribution < 1.29 is 0 Å². The third-order valence-corrected chi connectivity index (χ3v) is 11.1. The molecule has 3 aliphatic carbocycles. The second-order valence-corrected chi connectivity index (χ2v) is 14.7. The van der Waals surface area contributed by atoms with Crippen molar-refractivity contribution in [1.29, 1.82) is 0 Å².